The van der Waals surface area contributed by atoms with E-state index < -0.39 is 12.1 Å². The molecule has 0 fully saturated rings. The second-order valence-corrected chi connectivity index (χ2v) is 7.89. The minimum absolute atomic E-state index is 0.00433. The number of ether oxygens (including phenoxy) is 1. The highest BCUT2D eigenvalue weighted by Gasteiger charge is 2.34. The Morgan fingerprint density at radius 1 is 1.23 bits per heavy atom. The number of esters is 1. The molecule has 160 valence electrons. The molecule has 1 aliphatic rings. The van der Waals surface area contributed by atoms with E-state index in [1.807, 2.05) is 38.1 Å². The number of carbonyl (C=O) groups is 2. The van der Waals surface area contributed by atoms with Crippen LogP contribution in [0, 0.1) is 6.92 Å². The number of aryl methyl sites for hydroxylation is 2. The van der Waals surface area contributed by atoms with Crippen LogP contribution in [-0.4, -0.2) is 33.6 Å². The lowest BCUT2D eigenvalue weighted by molar-refractivity contribution is -0.126. The number of hydrogen-bond acceptors (Lipinski definition) is 5. The summed E-state index contributed by atoms with van der Waals surface area (Å²) in [6.45, 7) is 7.61. The first-order chi connectivity index (χ1) is 14.8. The molecule has 0 unspecified atom stereocenters. The molecule has 0 bridgehead atoms. The van der Waals surface area contributed by atoms with Gasteiger partial charge in [0.1, 0.15) is 5.69 Å². The lowest BCUT2D eigenvalue weighted by Gasteiger charge is -2.26. The number of hydrogen-bond donors (Lipinski definition) is 0. The van der Waals surface area contributed by atoms with Crippen LogP contribution in [-0.2, 0) is 22.5 Å². The molecule has 0 aliphatic carbocycles. The highest BCUT2D eigenvalue weighted by molar-refractivity contribution is 6.01. The van der Waals surface area contributed by atoms with E-state index >= 15 is 0 Å². The van der Waals surface area contributed by atoms with Crippen LogP contribution in [0.1, 0.15) is 42.4 Å². The highest BCUT2D eigenvalue weighted by atomic mass is 16.5. The van der Waals surface area contributed by atoms with Crippen molar-refractivity contribution in [2.24, 2.45) is 0 Å². The predicted octanol–water partition coefficient (Wildman–Crippen LogP) is 3.25. The number of nitrogens with zero attached hydrogens (tertiary/aromatic N) is 3. The Morgan fingerprint density at radius 2 is 1.97 bits per heavy atom. The lowest BCUT2D eigenvalue weighted by atomic mass is 10.1. The molecule has 1 amide bonds. The zero-order valence-corrected chi connectivity index (χ0v) is 18.1. The molecule has 3 aromatic rings. The van der Waals surface area contributed by atoms with Gasteiger partial charge in [0, 0.05) is 18.3 Å². The number of carbonyl (C=O) groups excluding carboxylic acids is 2. The van der Waals surface area contributed by atoms with Crippen molar-refractivity contribution in [2.75, 3.05) is 4.90 Å². The molecule has 1 aliphatic heterocycles. The summed E-state index contributed by atoms with van der Waals surface area (Å²) >= 11 is 0. The number of aromatic nitrogens is 2. The van der Waals surface area contributed by atoms with Gasteiger partial charge in [0.2, 0.25) is 0 Å². The summed E-state index contributed by atoms with van der Waals surface area (Å²) in [5.74, 6) is -0.850. The Bertz CT molecular complexity index is 1250. The Labute approximate surface area is 180 Å². The molecule has 0 spiro atoms. The summed E-state index contributed by atoms with van der Waals surface area (Å²) in [4.78, 5) is 44.1. The molecule has 0 saturated carbocycles. The van der Waals surface area contributed by atoms with Gasteiger partial charge in [-0.25, -0.2) is 9.78 Å². The van der Waals surface area contributed by atoms with Gasteiger partial charge in [-0.15, -0.1) is 0 Å². The summed E-state index contributed by atoms with van der Waals surface area (Å²) in [6.07, 6.45) is -0.159. The molecule has 0 radical (unpaired) electrons. The molecule has 0 saturated heterocycles. The molecule has 1 aromatic heterocycles. The Morgan fingerprint density at radius 3 is 2.71 bits per heavy atom. The minimum Gasteiger partial charge on any atom is -0.449 e. The van der Waals surface area contributed by atoms with Gasteiger partial charge in [0.05, 0.1) is 16.6 Å². The van der Waals surface area contributed by atoms with Crippen LogP contribution in [0.5, 0.6) is 0 Å². The average molecular weight is 419 g/mol. The maximum Gasteiger partial charge on any atom is 0.338 e. The molecular weight excluding hydrogens is 394 g/mol. The van der Waals surface area contributed by atoms with Gasteiger partial charge in [-0.05, 0) is 63.9 Å². The maximum atomic E-state index is 13.1. The third-order valence-electron chi connectivity index (χ3n) is 5.74. The zero-order valence-electron chi connectivity index (χ0n) is 18.1. The highest BCUT2D eigenvalue weighted by Crippen LogP contribution is 2.32. The van der Waals surface area contributed by atoms with Gasteiger partial charge in [-0.1, -0.05) is 18.2 Å². The van der Waals surface area contributed by atoms with E-state index in [-0.39, 0.29) is 23.1 Å². The largest absolute Gasteiger partial charge is 0.449 e. The second-order valence-electron chi connectivity index (χ2n) is 7.89. The first kappa shape index (κ1) is 20.8. The molecule has 2 aromatic carbocycles. The molecule has 4 rings (SSSR count). The van der Waals surface area contributed by atoms with Crippen LogP contribution >= 0.6 is 0 Å². The first-order valence-corrected chi connectivity index (χ1v) is 10.4. The fourth-order valence-electron chi connectivity index (χ4n) is 4.19. The first-order valence-electron chi connectivity index (χ1n) is 10.4. The fraction of sp³-hybridized carbons (Fsp3) is 0.333. The van der Waals surface area contributed by atoms with Gasteiger partial charge >= 0.3 is 5.97 Å². The normalized spacial score (nSPS) is 16.3. The van der Waals surface area contributed by atoms with Crippen LogP contribution in [0.3, 0.4) is 0 Å². The van der Waals surface area contributed by atoms with Crippen molar-refractivity contribution < 1.29 is 14.3 Å². The topological polar surface area (TPSA) is 81.5 Å². The van der Waals surface area contributed by atoms with E-state index in [0.29, 0.717) is 23.3 Å². The molecular formula is C24H25N3O4. The zero-order chi connectivity index (χ0) is 22.3. The van der Waals surface area contributed by atoms with Crippen molar-refractivity contribution in [1.82, 2.24) is 9.55 Å². The number of benzene rings is 2. The van der Waals surface area contributed by atoms with Crippen molar-refractivity contribution in [1.29, 1.82) is 0 Å². The van der Waals surface area contributed by atoms with E-state index in [9.17, 15) is 14.4 Å². The van der Waals surface area contributed by atoms with Crippen LogP contribution in [0.4, 0.5) is 5.69 Å². The molecule has 0 N–H and O–H groups in total. The van der Waals surface area contributed by atoms with Crippen molar-refractivity contribution in [3.05, 3.63) is 69.6 Å². The summed E-state index contributed by atoms with van der Waals surface area (Å²) in [6, 6.07) is 12.7. The molecule has 2 heterocycles. The fourth-order valence-corrected chi connectivity index (χ4v) is 4.19. The second kappa shape index (κ2) is 7.98. The third-order valence-corrected chi connectivity index (χ3v) is 5.74. The Hall–Kier alpha value is -3.48. The van der Waals surface area contributed by atoms with Gasteiger partial charge in [-0.2, -0.15) is 0 Å². The van der Waals surface area contributed by atoms with Gasteiger partial charge in [0.25, 0.3) is 11.5 Å². The summed E-state index contributed by atoms with van der Waals surface area (Å²) in [5.41, 5.74) is 3.67. The Kier molecular flexibility index (Phi) is 5.35. The molecule has 7 nitrogen and oxygen atoms in total. The predicted molar refractivity (Wildman–Crippen MR) is 118 cm³/mol. The van der Waals surface area contributed by atoms with Crippen LogP contribution in [0.2, 0.25) is 0 Å². The van der Waals surface area contributed by atoms with Gasteiger partial charge in [0.15, 0.2) is 6.10 Å². The van der Waals surface area contributed by atoms with Crippen molar-refractivity contribution in [3.8, 4) is 0 Å². The number of para-hydroxylation sites is 1. The van der Waals surface area contributed by atoms with Gasteiger partial charge in [-0.3, -0.25) is 9.59 Å². The summed E-state index contributed by atoms with van der Waals surface area (Å²) in [5, 5.41) is 0. The van der Waals surface area contributed by atoms with E-state index in [4.69, 9.17) is 4.74 Å². The van der Waals surface area contributed by atoms with Gasteiger partial charge < -0.3 is 14.2 Å². The number of rotatable bonds is 4. The number of anilines is 1. The van der Waals surface area contributed by atoms with Crippen LogP contribution < -0.4 is 10.5 Å². The molecule has 7 heteroatoms. The minimum atomic E-state index is -0.934. The number of amides is 1. The average Bonchev–Trinajstić information content (AvgIpc) is 3.09. The van der Waals surface area contributed by atoms with Crippen LogP contribution in [0.15, 0.2) is 47.3 Å². The monoisotopic (exact) mass is 419 g/mol. The van der Waals surface area contributed by atoms with Crippen LogP contribution in [0.25, 0.3) is 11.0 Å². The van der Waals surface area contributed by atoms with Crippen molar-refractivity contribution >= 4 is 28.6 Å². The molecule has 31 heavy (non-hydrogen) atoms. The van der Waals surface area contributed by atoms with E-state index in [1.54, 1.807) is 41.5 Å². The standard InChI is InChI=1S/C24H25N3O4/c1-5-26-21-11-10-18(13-19(21)25-15(3)22(26)28)24(30)31-16(4)23(29)27-14(2)12-17-8-6-7-9-20(17)27/h6-11,13-14,16H,5,12H2,1-4H3/t14-,16-/m1/s1. The summed E-state index contributed by atoms with van der Waals surface area (Å²) in [7, 11) is 0. The van der Waals surface area contributed by atoms with E-state index in [0.717, 1.165) is 17.7 Å². The SMILES string of the molecule is CCn1c(=O)c(C)nc2cc(C(=O)O[C@H](C)C(=O)N3c4ccccc4C[C@H]3C)ccc21. The van der Waals surface area contributed by atoms with Crippen molar-refractivity contribution in [3.63, 3.8) is 0 Å². The van der Waals surface area contributed by atoms with E-state index in [1.165, 1.54) is 0 Å². The van der Waals surface area contributed by atoms with Crippen molar-refractivity contribution in [2.45, 2.75) is 52.8 Å². The summed E-state index contributed by atoms with van der Waals surface area (Å²) < 4.78 is 7.12. The Balaban J connectivity index is 1.57. The molecule has 2 atom stereocenters. The number of fused-ring (bicyclic) bond motifs is 2. The quantitative estimate of drug-likeness (QED) is 0.607. The maximum absolute atomic E-state index is 13.1. The lowest BCUT2D eigenvalue weighted by Crippen LogP contribution is -2.43. The third kappa shape index (κ3) is 3.60. The smallest absolute Gasteiger partial charge is 0.338 e. The van der Waals surface area contributed by atoms with E-state index in [2.05, 4.69) is 4.98 Å².